The standard InChI is InChI=1S/C27H28ClN9O3/c1-16(27(39)36-14-17(11-29)15-36)32-26(38)20-12-30-25-24(20)33-21(13-31-25)23-19-3-2-18(28)10-22(19)37(34-23)5-4-35-6-8-40-9-7-35/h2-3,10,12-13,16-17H,4-9,14-15H2,1H3,(H,30,31)(H,32,38). The number of nitriles is 1. The van der Waals surface area contributed by atoms with E-state index >= 15 is 0 Å². The maximum absolute atomic E-state index is 13.2. The number of morpholine rings is 1. The first-order valence-corrected chi connectivity index (χ1v) is 13.6. The first kappa shape index (κ1) is 26.2. The van der Waals surface area contributed by atoms with Gasteiger partial charge in [0.25, 0.3) is 5.91 Å². The summed E-state index contributed by atoms with van der Waals surface area (Å²) in [6.07, 6.45) is 3.17. The first-order valence-electron chi connectivity index (χ1n) is 13.2. The fourth-order valence-electron chi connectivity index (χ4n) is 5.10. The molecule has 12 nitrogen and oxygen atoms in total. The van der Waals surface area contributed by atoms with E-state index in [2.05, 4.69) is 26.3 Å². The summed E-state index contributed by atoms with van der Waals surface area (Å²) in [7, 11) is 0. The third-order valence-corrected chi connectivity index (χ3v) is 7.64. The molecule has 4 aromatic rings. The Bertz CT molecular complexity index is 1630. The van der Waals surface area contributed by atoms with Crippen molar-refractivity contribution in [1.82, 2.24) is 39.8 Å². The van der Waals surface area contributed by atoms with Crippen molar-refractivity contribution in [2.45, 2.75) is 19.5 Å². The van der Waals surface area contributed by atoms with Crippen molar-refractivity contribution >= 4 is 45.5 Å². The lowest BCUT2D eigenvalue weighted by atomic mass is 10.0. The van der Waals surface area contributed by atoms with Gasteiger partial charge in [-0.25, -0.2) is 9.97 Å². The largest absolute Gasteiger partial charge is 0.379 e. The highest BCUT2D eigenvalue weighted by Gasteiger charge is 2.33. The van der Waals surface area contributed by atoms with Crippen LogP contribution >= 0.6 is 11.6 Å². The van der Waals surface area contributed by atoms with E-state index in [0.29, 0.717) is 47.2 Å². The van der Waals surface area contributed by atoms with E-state index in [4.69, 9.17) is 31.7 Å². The zero-order valence-corrected chi connectivity index (χ0v) is 22.7. The Morgan fingerprint density at radius 3 is 2.85 bits per heavy atom. The van der Waals surface area contributed by atoms with Crippen molar-refractivity contribution in [3.63, 3.8) is 0 Å². The van der Waals surface area contributed by atoms with Gasteiger partial charge in [-0.3, -0.25) is 19.2 Å². The predicted molar refractivity (Wildman–Crippen MR) is 147 cm³/mol. The van der Waals surface area contributed by atoms with Crippen molar-refractivity contribution < 1.29 is 14.3 Å². The number of halogens is 1. The molecule has 0 bridgehead atoms. The monoisotopic (exact) mass is 561 g/mol. The Morgan fingerprint density at radius 2 is 2.08 bits per heavy atom. The Hall–Kier alpha value is -4.05. The predicted octanol–water partition coefficient (Wildman–Crippen LogP) is 2.06. The van der Waals surface area contributed by atoms with Crippen LogP contribution in [0.3, 0.4) is 0 Å². The SMILES string of the molecule is CC(NC(=O)c1c[nH]c2ncc(-c3nn(CCN4CCOCC4)c4cc(Cl)ccc34)nc12)C(=O)N1CC(C#N)C1. The minimum Gasteiger partial charge on any atom is -0.379 e. The fourth-order valence-corrected chi connectivity index (χ4v) is 5.26. The molecule has 1 atom stereocenters. The van der Waals surface area contributed by atoms with Crippen LogP contribution in [0, 0.1) is 17.2 Å². The number of aromatic amines is 1. The van der Waals surface area contributed by atoms with Crippen LogP contribution in [0.5, 0.6) is 0 Å². The van der Waals surface area contributed by atoms with Gasteiger partial charge in [0.05, 0.1) is 49.0 Å². The number of carbonyl (C=O) groups excluding carboxylic acids is 2. The molecule has 6 rings (SSSR count). The first-order chi connectivity index (χ1) is 19.4. The van der Waals surface area contributed by atoms with Gasteiger partial charge < -0.3 is 19.9 Å². The number of likely N-dealkylation sites (tertiary alicyclic amines) is 1. The highest BCUT2D eigenvalue weighted by molar-refractivity contribution is 6.31. The van der Waals surface area contributed by atoms with Gasteiger partial charge in [-0.05, 0) is 25.1 Å². The molecule has 13 heteroatoms. The van der Waals surface area contributed by atoms with Crippen molar-refractivity contribution in [1.29, 1.82) is 5.26 Å². The third kappa shape index (κ3) is 4.99. The second kappa shape index (κ2) is 10.8. The number of rotatable bonds is 7. The zero-order valence-electron chi connectivity index (χ0n) is 21.9. The number of nitrogens with zero attached hydrogens (tertiary/aromatic N) is 7. The van der Waals surface area contributed by atoms with Crippen LogP contribution in [-0.4, -0.2) is 98.3 Å². The summed E-state index contributed by atoms with van der Waals surface area (Å²) in [6, 6.07) is 7.03. The lowest BCUT2D eigenvalue weighted by Gasteiger charge is -2.37. The molecule has 0 aliphatic carbocycles. The summed E-state index contributed by atoms with van der Waals surface area (Å²) < 4.78 is 7.39. The molecule has 1 unspecified atom stereocenters. The molecule has 1 aromatic carbocycles. The minimum atomic E-state index is -0.746. The molecule has 0 radical (unpaired) electrons. The quantitative estimate of drug-likeness (QED) is 0.349. The van der Waals surface area contributed by atoms with Gasteiger partial charge in [-0.2, -0.15) is 10.4 Å². The average Bonchev–Trinajstić information content (AvgIpc) is 3.52. The van der Waals surface area contributed by atoms with E-state index in [-0.39, 0.29) is 17.4 Å². The maximum Gasteiger partial charge on any atom is 0.255 e. The van der Waals surface area contributed by atoms with E-state index in [1.807, 2.05) is 22.9 Å². The number of H-pyrrole nitrogens is 1. The number of benzene rings is 1. The molecule has 2 amide bonds. The molecule has 40 heavy (non-hydrogen) atoms. The van der Waals surface area contributed by atoms with Crippen molar-refractivity contribution in [3.8, 4) is 17.5 Å². The van der Waals surface area contributed by atoms with Gasteiger partial charge in [0.15, 0.2) is 5.65 Å². The lowest BCUT2D eigenvalue weighted by Crippen LogP contribution is -2.55. The Kier molecular flexibility index (Phi) is 7.10. The van der Waals surface area contributed by atoms with Crippen molar-refractivity contribution in [3.05, 3.63) is 41.2 Å². The van der Waals surface area contributed by atoms with Gasteiger partial charge in [0.2, 0.25) is 5.91 Å². The van der Waals surface area contributed by atoms with Crippen LogP contribution in [0.2, 0.25) is 5.02 Å². The number of aromatic nitrogens is 5. The summed E-state index contributed by atoms with van der Waals surface area (Å²) in [5.41, 5.74) is 3.16. The average molecular weight is 562 g/mol. The fraction of sp³-hybridized carbons (Fsp3) is 0.407. The maximum atomic E-state index is 13.2. The van der Waals surface area contributed by atoms with Gasteiger partial charge in [-0.15, -0.1) is 0 Å². The molecule has 3 aromatic heterocycles. The highest BCUT2D eigenvalue weighted by atomic mass is 35.5. The Balaban J connectivity index is 1.26. The van der Waals surface area contributed by atoms with Crippen LogP contribution < -0.4 is 5.32 Å². The smallest absolute Gasteiger partial charge is 0.255 e. The molecule has 2 aliphatic heterocycles. The summed E-state index contributed by atoms with van der Waals surface area (Å²) in [5, 5.41) is 18.1. The molecule has 0 saturated carbocycles. The normalized spacial score (nSPS) is 17.1. The summed E-state index contributed by atoms with van der Waals surface area (Å²) in [6.45, 7) is 7.12. The van der Waals surface area contributed by atoms with Crippen LogP contribution in [0.1, 0.15) is 17.3 Å². The van der Waals surface area contributed by atoms with E-state index in [1.165, 1.54) is 6.20 Å². The third-order valence-electron chi connectivity index (χ3n) is 7.41. The molecular formula is C27H28ClN9O3. The van der Waals surface area contributed by atoms with Crippen LogP contribution in [0.4, 0.5) is 0 Å². The summed E-state index contributed by atoms with van der Waals surface area (Å²) >= 11 is 6.34. The van der Waals surface area contributed by atoms with E-state index < -0.39 is 11.9 Å². The number of amides is 2. The number of hydrogen-bond donors (Lipinski definition) is 2. The van der Waals surface area contributed by atoms with E-state index in [1.54, 1.807) is 18.0 Å². The Morgan fingerprint density at radius 1 is 1.27 bits per heavy atom. The molecule has 5 heterocycles. The van der Waals surface area contributed by atoms with Gasteiger partial charge in [0.1, 0.15) is 22.9 Å². The molecule has 2 fully saturated rings. The van der Waals surface area contributed by atoms with Crippen LogP contribution in [0.15, 0.2) is 30.6 Å². The van der Waals surface area contributed by atoms with E-state index in [9.17, 15) is 9.59 Å². The van der Waals surface area contributed by atoms with E-state index in [0.717, 1.165) is 43.8 Å². The number of ether oxygens (including phenoxy) is 1. The van der Waals surface area contributed by atoms with Crippen LogP contribution in [0.25, 0.3) is 33.5 Å². The molecular weight excluding hydrogens is 534 g/mol. The number of nitrogens with one attached hydrogen (secondary N) is 2. The van der Waals surface area contributed by atoms with Gasteiger partial charge in [-0.1, -0.05) is 11.6 Å². The Labute approximate surface area is 234 Å². The second-order valence-corrected chi connectivity index (χ2v) is 10.5. The minimum absolute atomic E-state index is 0.149. The topological polar surface area (TPSA) is 145 Å². The molecule has 2 saturated heterocycles. The summed E-state index contributed by atoms with van der Waals surface area (Å²) in [4.78, 5) is 42.0. The number of carbonyl (C=O) groups is 2. The van der Waals surface area contributed by atoms with Gasteiger partial charge in [0, 0.05) is 49.3 Å². The number of fused-ring (bicyclic) bond motifs is 2. The highest BCUT2D eigenvalue weighted by Crippen LogP contribution is 2.30. The lowest BCUT2D eigenvalue weighted by molar-refractivity contribution is -0.137. The zero-order chi connectivity index (χ0) is 27.8. The van der Waals surface area contributed by atoms with Crippen molar-refractivity contribution in [2.75, 3.05) is 45.9 Å². The second-order valence-electron chi connectivity index (χ2n) is 10.1. The van der Waals surface area contributed by atoms with Gasteiger partial charge >= 0.3 is 0 Å². The van der Waals surface area contributed by atoms with Crippen LogP contribution in [-0.2, 0) is 16.1 Å². The molecule has 206 valence electrons. The summed E-state index contributed by atoms with van der Waals surface area (Å²) in [5.74, 6) is -0.813. The molecule has 2 aliphatic rings. The molecule has 0 spiro atoms. The number of hydrogen-bond acceptors (Lipinski definition) is 8. The van der Waals surface area contributed by atoms with Crippen molar-refractivity contribution in [2.24, 2.45) is 5.92 Å². The molecule has 2 N–H and O–H groups in total.